The summed E-state index contributed by atoms with van der Waals surface area (Å²) in [5, 5.41) is 3.31. The van der Waals surface area contributed by atoms with Crippen LogP contribution in [0.25, 0.3) is 0 Å². The lowest BCUT2D eigenvalue weighted by molar-refractivity contribution is 0.403. The molecule has 1 fully saturated rings. The molecule has 1 N–H and O–H groups in total. The average molecular weight is 288 g/mol. The monoisotopic (exact) mass is 287 g/mol. The molecule has 1 aliphatic rings. The molecular formula is C12H15BrFNO. The standard InChI is InChI=1S/C12H15BrFNO/c1-16-12-6-10(13)11(14)5-9(12)4-8-2-3-15-7-8/h5-6,8,15H,2-4,7H2,1H3. The summed E-state index contributed by atoms with van der Waals surface area (Å²) < 4.78 is 19.2. The first kappa shape index (κ1) is 11.9. The highest BCUT2D eigenvalue weighted by Gasteiger charge is 2.18. The van der Waals surface area contributed by atoms with E-state index in [4.69, 9.17) is 4.74 Å². The highest BCUT2D eigenvalue weighted by molar-refractivity contribution is 9.10. The Labute approximate surface area is 103 Å². The molecule has 0 radical (unpaired) electrons. The Morgan fingerprint density at radius 1 is 1.56 bits per heavy atom. The zero-order chi connectivity index (χ0) is 11.5. The zero-order valence-corrected chi connectivity index (χ0v) is 10.8. The summed E-state index contributed by atoms with van der Waals surface area (Å²) in [4.78, 5) is 0. The van der Waals surface area contributed by atoms with Crippen LogP contribution in [0.15, 0.2) is 16.6 Å². The van der Waals surface area contributed by atoms with Crippen molar-refractivity contribution in [3.05, 3.63) is 28.0 Å². The Kier molecular flexibility index (Phi) is 3.82. The van der Waals surface area contributed by atoms with Gasteiger partial charge in [0.25, 0.3) is 0 Å². The van der Waals surface area contributed by atoms with Crippen molar-refractivity contribution in [2.45, 2.75) is 12.8 Å². The average Bonchev–Trinajstić information content (AvgIpc) is 2.76. The molecule has 1 atom stereocenters. The largest absolute Gasteiger partial charge is 0.496 e. The molecule has 16 heavy (non-hydrogen) atoms. The summed E-state index contributed by atoms with van der Waals surface area (Å²) in [6, 6.07) is 3.27. The van der Waals surface area contributed by atoms with Crippen molar-refractivity contribution in [3.8, 4) is 5.75 Å². The number of hydrogen-bond acceptors (Lipinski definition) is 2. The van der Waals surface area contributed by atoms with Crippen LogP contribution in [0, 0.1) is 11.7 Å². The first-order valence-corrected chi connectivity index (χ1v) is 6.22. The van der Waals surface area contributed by atoms with Gasteiger partial charge in [-0.05, 0) is 65.5 Å². The van der Waals surface area contributed by atoms with Crippen LogP contribution in [-0.2, 0) is 6.42 Å². The molecule has 1 unspecified atom stereocenters. The van der Waals surface area contributed by atoms with Crippen molar-refractivity contribution < 1.29 is 9.13 Å². The first-order chi connectivity index (χ1) is 7.70. The second-order valence-corrected chi connectivity index (χ2v) is 5.00. The van der Waals surface area contributed by atoms with E-state index in [-0.39, 0.29) is 5.82 Å². The Bertz CT molecular complexity index is 378. The first-order valence-electron chi connectivity index (χ1n) is 5.43. The normalized spacial score (nSPS) is 20.1. The lowest BCUT2D eigenvalue weighted by Crippen LogP contribution is -2.11. The van der Waals surface area contributed by atoms with Crippen LogP contribution >= 0.6 is 15.9 Å². The number of rotatable bonds is 3. The van der Waals surface area contributed by atoms with Crippen molar-refractivity contribution in [2.24, 2.45) is 5.92 Å². The van der Waals surface area contributed by atoms with Crippen LogP contribution in [-0.4, -0.2) is 20.2 Å². The number of hydrogen-bond donors (Lipinski definition) is 1. The van der Waals surface area contributed by atoms with Crippen molar-refractivity contribution in [2.75, 3.05) is 20.2 Å². The van der Waals surface area contributed by atoms with Gasteiger partial charge in [-0.3, -0.25) is 0 Å². The molecule has 0 saturated carbocycles. The van der Waals surface area contributed by atoms with Crippen LogP contribution in [0.1, 0.15) is 12.0 Å². The SMILES string of the molecule is COc1cc(Br)c(F)cc1CC1CCNC1. The minimum Gasteiger partial charge on any atom is -0.496 e. The number of halogens is 2. The highest BCUT2D eigenvalue weighted by Crippen LogP contribution is 2.29. The minimum absolute atomic E-state index is 0.221. The number of ether oxygens (including phenoxy) is 1. The van der Waals surface area contributed by atoms with Gasteiger partial charge in [0.1, 0.15) is 11.6 Å². The third kappa shape index (κ3) is 2.55. The Balaban J connectivity index is 2.20. The van der Waals surface area contributed by atoms with Gasteiger partial charge >= 0.3 is 0 Å². The van der Waals surface area contributed by atoms with E-state index in [0.717, 1.165) is 37.2 Å². The molecule has 1 heterocycles. The molecule has 0 aliphatic carbocycles. The van der Waals surface area contributed by atoms with Crippen LogP contribution in [0.5, 0.6) is 5.75 Å². The predicted molar refractivity (Wildman–Crippen MR) is 65.3 cm³/mol. The van der Waals surface area contributed by atoms with Crippen molar-refractivity contribution >= 4 is 15.9 Å². The summed E-state index contributed by atoms with van der Waals surface area (Å²) in [6.45, 7) is 2.08. The van der Waals surface area contributed by atoms with E-state index in [1.54, 1.807) is 19.2 Å². The molecule has 1 aromatic carbocycles. The van der Waals surface area contributed by atoms with E-state index in [0.29, 0.717) is 10.4 Å². The van der Waals surface area contributed by atoms with Crippen molar-refractivity contribution in [3.63, 3.8) is 0 Å². The van der Waals surface area contributed by atoms with Gasteiger partial charge in [-0.15, -0.1) is 0 Å². The molecular weight excluding hydrogens is 273 g/mol. The third-order valence-electron chi connectivity index (χ3n) is 2.99. The van der Waals surface area contributed by atoms with Crippen LogP contribution < -0.4 is 10.1 Å². The van der Waals surface area contributed by atoms with Gasteiger partial charge in [0.15, 0.2) is 0 Å². The quantitative estimate of drug-likeness (QED) is 0.923. The lowest BCUT2D eigenvalue weighted by Gasteiger charge is -2.13. The van der Waals surface area contributed by atoms with E-state index in [2.05, 4.69) is 21.2 Å². The molecule has 0 amide bonds. The Hall–Kier alpha value is -0.610. The maximum absolute atomic E-state index is 13.5. The number of nitrogens with one attached hydrogen (secondary N) is 1. The van der Waals surface area contributed by atoms with Crippen molar-refractivity contribution in [1.82, 2.24) is 5.32 Å². The Morgan fingerprint density at radius 3 is 3.00 bits per heavy atom. The molecule has 88 valence electrons. The molecule has 1 saturated heterocycles. The summed E-state index contributed by atoms with van der Waals surface area (Å²) in [6.07, 6.45) is 2.03. The maximum atomic E-state index is 13.5. The molecule has 0 spiro atoms. The van der Waals surface area contributed by atoms with Gasteiger partial charge in [0.05, 0.1) is 11.6 Å². The molecule has 1 aliphatic heterocycles. The van der Waals surface area contributed by atoms with E-state index >= 15 is 0 Å². The molecule has 4 heteroatoms. The smallest absolute Gasteiger partial charge is 0.137 e. The molecule has 0 aromatic heterocycles. The van der Waals surface area contributed by atoms with Gasteiger partial charge in [-0.25, -0.2) is 4.39 Å². The second-order valence-electron chi connectivity index (χ2n) is 4.14. The van der Waals surface area contributed by atoms with Crippen LogP contribution in [0.3, 0.4) is 0 Å². The molecule has 1 aromatic rings. The molecule has 0 bridgehead atoms. The maximum Gasteiger partial charge on any atom is 0.137 e. The fourth-order valence-electron chi connectivity index (χ4n) is 2.12. The van der Waals surface area contributed by atoms with E-state index in [1.165, 1.54) is 0 Å². The number of methoxy groups -OCH3 is 1. The van der Waals surface area contributed by atoms with E-state index in [1.807, 2.05) is 0 Å². The fraction of sp³-hybridized carbons (Fsp3) is 0.500. The van der Waals surface area contributed by atoms with Crippen LogP contribution in [0.2, 0.25) is 0 Å². The van der Waals surface area contributed by atoms with Crippen LogP contribution in [0.4, 0.5) is 4.39 Å². The van der Waals surface area contributed by atoms with Gasteiger partial charge < -0.3 is 10.1 Å². The lowest BCUT2D eigenvalue weighted by atomic mass is 9.98. The van der Waals surface area contributed by atoms with Gasteiger partial charge in [-0.1, -0.05) is 0 Å². The number of benzene rings is 1. The fourth-order valence-corrected chi connectivity index (χ4v) is 2.44. The minimum atomic E-state index is -0.221. The Morgan fingerprint density at radius 2 is 2.38 bits per heavy atom. The summed E-state index contributed by atoms with van der Waals surface area (Å²) in [5.41, 5.74) is 0.955. The van der Waals surface area contributed by atoms with E-state index in [9.17, 15) is 4.39 Å². The predicted octanol–water partition coefficient (Wildman–Crippen LogP) is 2.75. The molecule has 2 rings (SSSR count). The summed E-state index contributed by atoms with van der Waals surface area (Å²) >= 11 is 3.17. The second kappa shape index (κ2) is 5.15. The van der Waals surface area contributed by atoms with Gasteiger partial charge in [-0.2, -0.15) is 0 Å². The van der Waals surface area contributed by atoms with Crippen molar-refractivity contribution in [1.29, 1.82) is 0 Å². The van der Waals surface area contributed by atoms with Gasteiger partial charge in [0.2, 0.25) is 0 Å². The van der Waals surface area contributed by atoms with E-state index < -0.39 is 0 Å². The third-order valence-corrected chi connectivity index (χ3v) is 3.60. The zero-order valence-electron chi connectivity index (χ0n) is 9.22. The molecule has 2 nitrogen and oxygen atoms in total. The highest BCUT2D eigenvalue weighted by atomic mass is 79.9. The summed E-state index contributed by atoms with van der Waals surface area (Å²) in [7, 11) is 1.62. The topological polar surface area (TPSA) is 21.3 Å². The van der Waals surface area contributed by atoms with Gasteiger partial charge in [0, 0.05) is 0 Å². The summed E-state index contributed by atoms with van der Waals surface area (Å²) in [5.74, 6) is 1.14.